The number of halogens is 4. The molecule has 18 heavy (non-hydrogen) atoms. The van der Waals surface area contributed by atoms with Gasteiger partial charge in [0, 0.05) is 16.2 Å². The fourth-order valence-corrected chi connectivity index (χ4v) is 3.91. The Labute approximate surface area is 135 Å². The summed E-state index contributed by atoms with van der Waals surface area (Å²) in [5.74, 6) is 0.758. The van der Waals surface area contributed by atoms with Crippen LogP contribution in [0.2, 0.25) is 5.15 Å². The minimum atomic E-state index is 0.434. The minimum Gasteiger partial charge on any atom is -0.486 e. The summed E-state index contributed by atoms with van der Waals surface area (Å²) in [6.07, 6.45) is 1.70. The fourth-order valence-electron chi connectivity index (χ4n) is 1.31. The average Bonchev–Trinajstić information content (AvgIpc) is 2.30. The van der Waals surface area contributed by atoms with Crippen molar-refractivity contribution < 1.29 is 4.74 Å². The second-order valence-corrected chi connectivity index (χ2v) is 6.49. The first-order chi connectivity index (χ1) is 8.56. The Kier molecular flexibility index (Phi) is 5.06. The Morgan fingerprint density at radius 1 is 1.11 bits per heavy atom. The molecular weight excluding hydrogens is 449 g/mol. The quantitative estimate of drug-likeness (QED) is 0.561. The monoisotopic (exact) mass is 453 g/mol. The van der Waals surface area contributed by atoms with Crippen LogP contribution in [-0.2, 0) is 6.61 Å². The molecule has 0 aliphatic heterocycles. The van der Waals surface area contributed by atoms with Crippen molar-refractivity contribution in [3.8, 4) is 5.75 Å². The van der Waals surface area contributed by atoms with E-state index in [1.807, 2.05) is 18.2 Å². The van der Waals surface area contributed by atoms with Crippen molar-refractivity contribution >= 4 is 59.4 Å². The molecule has 0 fully saturated rings. The summed E-state index contributed by atoms with van der Waals surface area (Å²) < 4.78 is 8.49. The van der Waals surface area contributed by atoms with Crippen LogP contribution in [0.5, 0.6) is 5.75 Å². The van der Waals surface area contributed by atoms with E-state index >= 15 is 0 Å². The molecule has 0 aliphatic carbocycles. The van der Waals surface area contributed by atoms with Gasteiger partial charge in [-0.15, -0.1) is 0 Å². The third-order valence-electron chi connectivity index (χ3n) is 2.13. The number of ether oxygens (including phenoxy) is 1. The number of pyridine rings is 1. The Bertz CT molecular complexity index is 537. The Hall–Kier alpha value is -0.100. The molecule has 0 atom stereocenters. The summed E-state index contributed by atoms with van der Waals surface area (Å²) >= 11 is 16.1. The first-order valence-electron chi connectivity index (χ1n) is 4.94. The van der Waals surface area contributed by atoms with Crippen LogP contribution in [0.4, 0.5) is 0 Å². The van der Waals surface area contributed by atoms with Crippen LogP contribution in [0.1, 0.15) is 5.56 Å². The van der Waals surface area contributed by atoms with E-state index in [-0.39, 0.29) is 0 Å². The maximum Gasteiger partial charge on any atom is 0.148 e. The number of rotatable bonds is 3. The number of aromatic nitrogens is 1. The van der Waals surface area contributed by atoms with Gasteiger partial charge in [0.05, 0.1) is 8.95 Å². The predicted octanol–water partition coefficient (Wildman–Crippen LogP) is 5.60. The lowest BCUT2D eigenvalue weighted by Gasteiger charge is -2.10. The highest BCUT2D eigenvalue weighted by atomic mass is 79.9. The molecule has 0 aliphatic rings. The van der Waals surface area contributed by atoms with Gasteiger partial charge in [0.25, 0.3) is 0 Å². The third kappa shape index (κ3) is 3.70. The number of hydrogen-bond acceptors (Lipinski definition) is 2. The zero-order valence-electron chi connectivity index (χ0n) is 8.96. The van der Waals surface area contributed by atoms with Gasteiger partial charge in [0.2, 0.25) is 0 Å². The fraction of sp³-hybridized carbons (Fsp3) is 0.0833. The second-order valence-electron chi connectivity index (χ2n) is 3.48. The van der Waals surface area contributed by atoms with Crippen molar-refractivity contribution in [3.63, 3.8) is 0 Å². The number of nitrogens with zero attached hydrogens (tertiary/aromatic N) is 1. The molecule has 2 aromatic rings. The minimum absolute atomic E-state index is 0.434. The molecule has 6 heteroatoms. The largest absolute Gasteiger partial charge is 0.486 e. The summed E-state index contributed by atoms with van der Waals surface area (Å²) in [6, 6.07) is 7.49. The molecule has 1 aromatic heterocycles. The highest BCUT2D eigenvalue weighted by molar-refractivity contribution is 9.11. The summed E-state index contributed by atoms with van der Waals surface area (Å²) in [5, 5.41) is 0.477. The van der Waals surface area contributed by atoms with Crippen molar-refractivity contribution in [2.45, 2.75) is 6.61 Å². The van der Waals surface area contributed by atoms with Gasteiger partial charge in [-0.05, 0) is 50.1 Å². The number of hydrogen-bond donors (Lipinski definition) is 0. The SMILES string of the molecule is Clc1ccc(COc2c(Br)cc(Br)cc2Br)cn1. The zero-order valence-corrected chi connectivity index (χ0v) is 14.5. The van der Waals surface area contributed by atoms with E-state index in [1.165, 1.54) is 0 Å². The van der Waals surface area contributed by atoms with E-state index in [0.29, 0.717) is 11.8 Å². The van der Waals surface area contributed by atoms with Crippen molar-refractivity contribution in [2.75, 3.05) is 0 Å². The van der Waals surface area contributed by atoms with Gasteiger partial charge in [0.15, 0.2) is 0 Å². The Morgan fingerprint density at radius 3 is 2.33 bits per heavy atom. The van der Waals surface area contributed by atoms with Gasteiger partial charge >= 0.3 is 0 Å². The van der Waals surface area contributed by atoms with E-state index in [2.05, 4.69) is 52.8 Å². The van der Waals surface area contributed by atoms with E-state index < -0.39 is 0 Å². The molecule has 1 heterocycles. The normalized spacial score (nSPS) is 10.4. The van der Waals surface area contributed by atoms with Gasteiger partial charge in [-0.1, -0.05) is 33.6 Å². The molecule has 1 aromatic carbocycles. The Balaban J connectivity index is 2.13. The molecule has 0 spiro atoms. The van der Waals surface area contributed by atoms with Crippen LogP contribution in [0.25, 0.3) is 0 Å². The lowest BCUT2D eigenvalue weighted by Crippen LogP contribution is -1.97. The van der Waals surface area contributed by atoms with Crippen LogP contribution in [0.15, 0.2) is 43.9 Å². The number of benzene rings is 1. The van der Waals surface area contributed by atoms with E-state index in [1.54, 1.807) is 12.3 Å². The molecule has 0 radical (unpaired) electrons. The zero-order chi connectivity index (χ0) is 13.1. The van der Waals surface area contributed by atoms with Crippen LogP contribution in [0, 0.1) is 0 Å². The second kappa shape index (κ2) is 6.37. The molecular formula is C12H7Br3ClNO. The predicted molar refractivity (Wildman–Crippen MR) is 83.1 cm³/mol. The smallest absolute Gasteiger partial charge is 0.148 e. The van der Waals surface area contributed by atoms with Crippen LogP contribution < -0.4 is 4.74 Å². The molecule has 2 rings (SSSR count). The summed E-state index contributed by atoms with van der Waals surface area (Å²) in [6.45, 7) is 0.434. The van der Waals surface area contributed by atoms with Gasteiger partial charge in [0.1, 0.15) is 17.5 Å². The van der Waals surface area contributed by atoms with Gasteiger partial charge in [-0.3, -0.25) is 0 Å². The topological polar surface area (TPSA) is 22.1 Å². The van der Waals surface area contributed by atoms with Crippen LogP contribution >= 0.6 is 59.4 Å². The lowest BCUT2D eigenvalue weighted by atomic mass is 10.3. The molecule has 0 N–H and O–H groups in total. The van der Waals surface area contributed by atoms with E-state index in [0.717, 1.165) is 24.7 Å². The molecule has 0 unspecified atom stereocenters. The summed E-state index contributed by atoms with van der Waals surface area (Å²) in [5.41, 5.74) is 0.959. The lowest BCUT2D eigenvalue weighted by molar-refractivity contribution is 0.302. The maximum atomic E-state index is 5.75. The van der Waals surface area contributed by atoms with Gasteiger partial charge in [-0.25, -0.2) is 4.98 Å². The van der Waals surface area contributed by atoms with Crippen molar-refractivity contribution in [2.24, 2.45) is 0 Å². The standard InChI is InChI=1S/C12H7Br3ClNO/c13-8-3-9(14)12(10(15)4-8)18-6-7-1-2-11(16)17-5-7/h1-5H,6H2. The van der Waals surface area contributed by atoms with Crippen LogP contribution in [0.3, 0.4) is 0 Å². The van der Waals surface area contributed by atoms with Crippen molar-refractivity contribution in [3.05, 3.63) is 54.6 Å². The molecule has 0 bridgehead atoms. The summed E-state index contributed by atoms with van der Waals surface area (Å²) in [4.78, 5) is 4.00. The molecule has 0 saturated carbocycles. The maximum absolute atomic E-state index is 5.75. The van der Waals surface area contributed by atoms with Crippen molar-refractivity contribution in [1.82, 2.24) is 4.98 Å². The highest BCUT2D eigenvalue weighted by Crippen LogP contribution is 2.36. The molecule has 94 valence electrons. The average molecular weight is 456 g/mol. The molecule has 0 saturated heterocycles. The molecule has 0 amide bonds. The van der Waals surface area contributed by atoms with Gasteiger partial charge in [-0.2, -0.15) is 0 Å². The first kappa shape index (κ1) is 14.3. The van der Waals surface area contributed by atoms with Crippen LogP contribution in [-0.4, -0.2) is 4.98 Å². The van der Waals surface area contributed by atoms with Gasteiger partial charge < -0.3 is 4.74 Å². The van der Waals surface area contributed by atoms with E-state index in [9.17, 15) is 0 Å². The first-order valence-corrected chi connectivity index (χ1v) is 7.70. The molecule has 2 nitrogen and oxygen atoms in total. The summed E-state index contributed by atoms with van der Waals surface area (Å²) in [7, 11) is 0. The Morgan fingerprint density at radius 2 is 1.78 bits per heavy atom. The highest BCUT2D eigenvalue weighted by Gasteiger charge is 2.08. The van der Waals surface area contributed by atoms with Crippen molar-refractivity contribution in [1.29, 1.82) is 0 Å². The van der Waals surface area contributed by atoms with E-state index in [4.69, 9.17) is 16.3 Å². The third-order valence-corrected chi connectivity index (χ3v) is 3.99.